The lowest BCUT2D eigenvalue weighted by Crippen LogP contribution is -2.33. The zero-order valence-corrected chi connectivity index (χ0v) is 5.71. The zero-order chi connectivity index (χ0) is 7.61. The Morgan fingerprint density at radius 3 is 2.70 bits per heavy atom. The van der Waals surface area contributed by atoms with E-state index in [1.165, 1.54) is 12.3 Å². The van der Waals surface area contributed by atoms with Gasteiger partial charge in [-0.25, -0.2) is 4.79 Å². The van der Waals surface area contributed by atoms with Gasteiger partial charge >= 0.3 is 5.97 Å². The summed E-state index contributed by atoms with van der Waals surface area (Å²) in [5.41, 5.74) is -1.38. The summed E-state index contributed by atoms with van der Waals surface area (Å²) in [6, 6.07) is 0. The minimum Gasteiger partial charge on any atom is -0.479 e. The first-order valence-corrected chi connectivity index (χ1v) is 2.98. The molecule has 1 aliphatic rings. The molecule has 0 fully saturated rings. The highest BCUT2D eigenvalue weighted by atomic mass is 32.1. The topological polar surface area (TPSA) is 62.0 Å². The number of carboxylic acids is 1. The maximum atomic E-state index is 10.5. The van der Waals surface area contributed by atoms with Crippen molar-refractivity contribution in [3.8, 4) is 0 Å². The molecule has 0 spiro atoms. The van der Waals surface area contributed by atoms with Crippen LogP contribution in [0.5, 0.6) is 0 Å². The summed E-state index contributed by atoms with van der Waals surface area (Å²) in [6.07, 6.45) is 2.65. The number of hydrogen-bond acceptors (Lipinski definition) is 4. The van der Waals surface area contributed by atoms with Gasteiger partial charge in [-0.15, -0.1) is 0 Å². The molecule has 0 aromatic heterocycles. The Kier molecular flexibility index (Phi) is 1.58. The van der Waals surface area contributed by atoms with Crippen molar-refractivity contribution in [3.63, 3.8) is 0 Å². The third-order valence-electron chi connectivity index (χ3n) is 1.14. The fraction of sp³-hybridized carbons (Fsp3) is 0.200. The zero-order valence-electron chi connectivity index (χ0n) is 4.89. The number of azo groups is 1. The predicted molar refractivity (Wildman–Crippen MR) is 38.0 cm³/mol. The van der Waals surface area contributed by atoms with Gasteiger partial charge in [0.05, 0.1) is 0 Å². The summed E-state index contributed by atoms with van der Waals surface area (Å²) < 4.78 is 0. The summed E-state index contributed by atoms with van der Waals surface area (Å²) in [4.78, 5) is 10.5. The Labute approximate surface area is 62.3 Å². The van der Waals surface area contributed by atoms with Crippen LogP contribution in [-0.2, 0) is 4.79 Å². The van der Waals surface area contributed by atoms with Crippen LogP contribution in [0.25, 0.3) is 0 Å². The van der Waals surface area contributed by atoms with Gasteiger partial charge in [-0.2, -0.15) is 10.2 Å². The number of aliphatic carboxylic acids is 1. The molecule has 0 radical (unpaired) electrons. The van der Waals surface area contributed by atoms with E-state index in [9.17, 15) is 4.79 Å². The van der Waals surface area contributed by atoms with Crippen LogP contribution in [0.15, 0.2) is 22.5 Å². The quantitative estimate of drug-likeness (QED) is 0.601. The molecule has 1 aliphatic heterocycles. The predicted octanol–water partition coefficient (Wildman–Crippen LogP) is 0.789. The lowest BCUT2D eigenvalue weighted by Gasteiger charge is -2.07. The van der Waals surface area contributed by atoms with Gasteiger partial charge in [0.2, 0.25) is 5.54 Å². The normalized spacial score (nSPS) is 28.8. The highest BCUT2D eigenvalue weighted by Gasteiger charge is 2.35. The lowest BCUT2D eigenvalue weighted by atomic mass is 10.1. The Bertz CT molecular complexity index is 222. The van der Waals surface area contributed by atoms with Crippen molar-refractivity contribution in [2.24, 2.45) is 10.2 Å². The minimum absolute atomic E-state index is 1.07. The van der Waals surface area contributed by atoms with Gasteiger partial charge in [-0.05, 0) is 6.08 Å². The molecule has 0 aromatic rings. The summed E-state index contributed by atoms with van der Waals surface area (Å²) >= 11 is 4.49. The van der Waals surface area contributed by atoms with Gasteiger partial charge in [0.15, 0.2) is 0 Å². The van der Waals surface area contributed by atoms with Crippen LogP contribution >= 0.6 is 12.2 Å². The second-order valence-electron chi connectivity index (χ2n) is 1.78. The molecule has 1 heterocycles. The van der Waals surface area contributed by atoms with Crippen molar-refractivity contribution < 1.29 is 9.90 Å². The van der Waals surface area contributed by atoms with Crippen LogP contribution in [0.4, 0.5) is 0 Å². The van der Waals surface area contributed by atoms with E-state index < -0.39 is 11.5 Å². The van der Waals surface area contributed by atoms with E-state index in [4.69, 9.17) is 5.11 Å². The third-order valence-corrected chi connectivity index (χ3v) is 1.50. The van der Waals surface area contributed by atoms with Crippen molar-refractivity contribution >= 4 is 23.6 Å². The monoisotopic (exact) mass is 156 g/mol. The first kappa shape index (κ1) is 7.01. The molecule has 1 rings (SSSR count). The molecule has 0 aliphatic carbocycles. The Hall–Kier alpha value is -1.10. The molecule has 1 N–H and O–H groups in total. The van der Waals surface area contributed by atoms with Crippen molar-refractivity contribution in [1.82, 2.24) is 0 Å². The summed E-state index contributed by atoms with van der Waals surface area (Å²) in [5.74, 6) is -1.10. The van der Waals surface area contributed by atoms with Crippen LogP contribution in [0.2, 0.25) is 0 Å². The molecule has 1 unspecified atom stereocenters. The molecule has 10 heavy (non-hydrogen) atoms. The number of carboxylic acid groups (broad SMARTS) is 1. The Morgan fingerprint density at radius 1 is 1.80 bits per heavy atom. The number of carbonyl (C=O) groups is 1. The van der Waals surface area contributed by atoms with Crippen molar-refractivity contribution in [1.29, 1.82) is 0 Å². The molecule has 0 saturated carbocycles. The van der Waals surface area contributed by atoms with Crippen LogP contribution in [-0.4, -0.2) is 22.0 Å². The van der Waals surface area contributed by atoms with E-state index in [0.29, 0.717) is 0 Å². The van der Waals surface area contributed by atoms with Crippen molar-refractivity contribution in [2.75, 3.05) is 0 Å². The summed E-state index contributed by atoms with van der Waals surface area (Å²) in [7, 11) is 0. The summed E-state index contributed by atoms with van der Waals surface area (Å²) in [5, 5.41) is 16.5. The largest absolute Gasteiger partial charge is 0.479 e. The molecule has 0 amide bonds. The molecule has 0 saturated heterocycles. The maximum absolute atomic E-state index is 10.5. The summed E-state index contributed by atoms with van der Waals surface area (Å²) in [6.45, 7) is 0. The van der Waals surface area contributed by atoms with Gasteiger partial charge in [0.1, 0.15) is 0 Å². The molecule has 1 atom stereocenters. The standard InChI is InChI=1S/C5H4N2O2S/c8-4(9)5(3-10)1-2-6-7-5/h1-3H,(H,8,9). The average molecular weight is 156 g/mol. The molecule has 4 nitrogen and oxygen atoms in total. The highest BCUT2D eigenvalue weighted by molar-refractivity contribution is 7.79. The van der Waals surface area contributed by atoms with Crippen LogP contribution in [0, 0.1) is 0 Å². The van der Waals surface area contributed by atoms with Gasteiger partial charge in [0, 0.05) is 11.6 Å². The third kappa shape index (κ3) is 0.841. The smallest absolute Gasteiger partial charge is 0.342 e. The number of hydrogen-bond donors (Lipinski definition) is 1. The lowest BCUT2D eigenvalue weighted by molar-refractivity contribution is -0.138. The van der Waals surface area contributed by atoms with E-state index >= 15 is 0 Å². The molecule has 0 bridgehead atoms. The van der Waals surface area contributed by atoms with Crippen LogP contribution in [0.3, 0.4) is 0 Å². The van der Waals surface area contributed by atoms with E-state index in [-0.39, 0.29) is 0 Å². The molecular weight excluding hydrogens is 152 g/mol. The second-order valence-corrected chi connectivity index (χ2v) is 2.02. The van der Waals surface area contributed by atoms with Gasteiger partial charge in [-0.3, -0.25) is 0 Å². The van der Waals surface area contributed by atoms with Crippen molar-refractivity contribution in [2.45, 2.75) is 5.54 Å². The Morgan fingerprint density at radius 2 is 2.50 bits per heavy atom. The first-order chi connectivity index (χ1) is 4.71. The molecule has 5 heteroatoms. The number of thiocarbonyl (C=S) groups is 1. The van der Waals surface area contributed by atoms with Crippen molar-refractivity contribution in [3.05, 3.63) is 12.3 Å². The minimum atomic E-state index is -1.38. The fourth-order valence-electron chi connectivity index (χ4n) is 0.536. The molecular formula is C5H4N2O2S. The fourth-order valence-corrected chi connectivity index (χ4v) is 0.763. The number of rotatable bonds is 2. The van der Waals surface area contributed by atoms with E-state index in [1.807, 2.05) is 0 Å². The average Bonchev–Trinajstić information content (AvgIpc) is 2.35. The van der Waals surface area contributed by atoms with Gasteiger partial charge < -0.3 is 5.11 Å². The molecule has 0 aromatic carbocycles. The van der Waals surface area contributed by atoms with E-state index in [2.05, 4.69) is 22.4 Å². The Balaban J connectivity index is 3.01. The first-order valence-electron chi connectivity index (χ1n) is 2.51. The second kappa shape index (κ2) is 2.26. The van der Waals surface area contributed by atoms with Crippen LogP contribution < -0.4 is 0 Å². The number of nitrogens with zero attached hydrogens (tertiary/aromatic N) is 2. The van der Waals surface area contributed by atoms with Gasteiger partial charge in [0.25, 0.3) is 0 Å². The highest BCUT2D eigenvalue weighted by Crippen LogP contribution is 2.17. The SMILES string of the molecule is O=C(O)C1(C=S)C=CN=N1. The molecule has 52 valence electrons. The van der Waals surface area contributed by atoms with E-state index in [0.717, 1.165) is 5.37 Å². The van der Waals surface area contributed by atoms with Gasteiger partial charge in [-0.1, -0.05) is 12.2 Å². The van der Waals surface area contributed by atoms with E-state index in [1.54, 1.807) is 0 Å². The maximum Gasteiger partial charge on any atom is 0.342 e. The van der Waals surface area contributed by atoms with Crippen LogP contribution in [0.1, 0.15) is 0 Å².